The zero-order chi connectivity index (χ0) is 21.1. The van der Waals surface area contributed by atoms with E-state index in [1.807, 2.05) is 13.8 Å². The summed E-state index contributed by atoms with van der Waals surface area (Å²) < 4.78 is 44.2. The van der Waals surface area contributed by atoms with Crippen molar-refractivity contribution in [2.75, 3.05) is 11.1 Å². The smallest absolute Gasteiger partial charge is 0.418 e. The molecule has 2 rings (SSSR count). The number of nitrogens with one attached hydrogen (secondary N) is 1. The van der Waals surface area contributed by atoms with Gasteiger partial charge in [0.25, 0.3) is 5.91 Å². The lowest BCUT2D eigenvalue weighted by atomic mass is 10.1. The highest BCUT2D eigenvalue weighted by molar-refractivity contribution is 7.17. The maximum Gasteiger partial charge on any atom is 0.418 e. The third kappa shape index (κ3) is 5.44. The number of halogens is 3. The largest absolute Gasteiger partial charge is 0.448 e. The number of carbonyl (C=O) groups is 2. The van der Waals surface area contributed by atoms with Gasteiger partial charge in [-0.15, -0.1) is 0 Å². The molecule has 0 radical (unpaired) electrons. The first kappa shape index (κ1) is 21.7. The maximum atomic E-state index is 13.0. The molecule has 1 aromatic heterocycles. The number of aromatic nitrogens is 1. The van der Waals surface area contributed by atoms with Gasteiger partial charge in [0.15, 0.2) is 11.2 Å². The summed E-state index contributed by atoms with van der Waals surface area (Å²) in [6.07, 6.45) is -5.45. The Labute approximate surface area is 163 Å². The van der Waals surface area contributed by atoms with Gasteiger partial charge < -0.3 is 15.8 Å². The van der Waals surface area contributed by atoms with E-state index in [1.165, 1.54) is 19.1 Å². The molecule has 0 saturated heterocycles. The molecule has 152 valence electrons. The van der Waals surface area contributed by atoms with Crippen molar-refractivity contribution in [2.45, 2.75) is 39.5 Å². The second-order valence-electron chi connectivity index (χ2n) is 6.51. The van der Waals surface area contributed by atoms with E-state index < -0.39 is 35.4 Å². The van der Waals surface area contributed by atoms with Crippen molar-refractivity contribution in [3.63, 3.8) is 0 Å². The van der Waals surface area contributed by atoms with Gasteiger partial charge in [0.1, 0.15) is 4.88 Å². The lowest BCUT2D eigenvalue weighted by Crippen LogP contribution is -2.30. The maximum absolute atomic E-state index is 13.0. The number of nitrogen functional groups attached to an aromatic ring is 1. The van der Waals surface area contributed by atoms with Crippen LogP contribution in [0.3, 0.4) is 0 Å². The number of amides is 1. The molecule has 0 spiro atoms. The quantitative estimate of drug-likeness (QED) is 0.692. The monoisotopic (exact) mass is 415 g/mol. The molecule has 1 amide bonds. The van der Waals surface area contributed by atoms with Gasteiger partial charge in [0, 0.05) is 0 Å². The minimum Gasteiger partial charge on any atom is -0.448 e. The number of para-hydroxylation sites is 1. The Morgan fingerprint density at radius 3 is 2.50 bits per heavy atom. The van der Waals surface area contributed by atoms with Crippen LogP contribution in [0.25, 0.3) is 0 Å². The first-order chi connectivity index (χ1) is 13.0. The van der Waals surface area contributed by atoms with Crippen molar-refractivity contribution in [1.29, 1.82) is 0 Å². The van der Waals surface area contributed by atoms with Gasteiger partial charge >= 0.3 is 12.1 Å². The summed E-state index contributed by atoms with van der Waals surface area (Å²) >= 11 is 0.940. The van der Waals surface area contributed by atoms with Crippen molar-refractivity contribution in [3.05, 3.63) is 40.4 Å². The number of hydrogen-bond acceptors (Lipinski definition) is 6. The third-order valence-corrected chi connectivity index (χ3v) is 4.55. The number of nitrogens with zero attached hydrogens (tertiary/aromatic N) is 1. The highest BCUT2D eigenvalue weighted by Crippen LogP contribution is 2.34. The molecule has 0 aliphatic rings. The highest BCUT2D eigenvalue weighted by Gasteiger charge is 2.34. The van der Waals surface area contributed by atoms with E-state index >= 15 is 0 Å². The molecule has 3 N–H and O–H groups in total. The van der Waals surface area contributed by atoms with Crippen LogP contribution in [0.1, 0.15) is 41.7 Å². The summed E-state index contributed by atoms with van der Waals surface area (Å²) in [5.74, 6) is -1.46. The molecule has 0 aliphatic carbocycles. The molecule has 2 aromatic rings. The van der Waals surface area contributed by atoms with E-state index in [0.29, 0.717) is 12.1 Å². The van der Waals surface area contributed by atoms with Gasteiger partial charge in [0.2, 0.25) is 0 Å². The predicted octanol–water partition coefficient (Wildman–Crippen LogP) is 4.13. The number of benzene rings is 1. The minimum atomic E-state index is -4.63. The van der Waals surface area contributed by atoms with Gasteiger partial charge in [-0.3, -0.25) is 4.79 Å². The van der Waals surface area contributed by atoms with Gasteiger partial charge in [-0.25, -0.2) is 9.78 Å². The van der Waals surface area contributed by atoms with Crippen molar-refractivity contribution in [2.24, 2.45) is 5.92 Å². The minimum absolute atomic E-state index is 0.182. The lowest BCUT2D eigenvalue weighted by molar-refractivity contribution is -0.137. The normalized spacial score (nSPS) is 12.7. The van der Waals surface area contributed by atoms with Crippen molar-refractivity contribution in [3.8, 4) is 0 Å². The van der Waals surface area contributed by atoms with Gasteiger partial charge in [-0.05, 0) is 31.4 Å². The number of nitrogens with two attached hydrogens (primary N) is 1. The number of ether oxygens (including phenoxy) is 1. The van der Waals surface area contributed by atoms with E-state index in [-0.39, 0.29) is 15.9 Å². The van der Waals surface area contributed by atoms with Crippen molar-refractivity contribution < 1.29 is 27.5 Å². The van der Waals surface area contributed by atoms with Crippen LogP contribution >= 0.6 is 11.3 Å². The number of esters is 1. The topological polar surface area (TPSA) is 94.3 Å². The Balaban J connectivity index is 2.11. The molecule has 0 unspecified atom stereocenters. The third-order valence-electron chi connectivity index (χ3n) is 3.64. The van der Waals surface area contributed by atoms with Gasteiger partial charge in [-0.1, -0.05) is 37.3 Å². The fraction of sp³-hybridized carbons (Fsp3) is 0.389. The molecule has 10 heteroatoms. The Kier molecular flexibility index (Phi) is 6.65. The number of rotatable bonds is 6. The van der Waals surface area contributed by atoms with E-state index in [9.17, 15) is 22.8 Å². The van der Waals surface area contributed by atoms with Crippen LogP contribution in [-0.4, -0.2) is 23.0 Å². The molecular weight excluding hydrogens is 395 g/mol. The number of carbonyl (C=O) groups excluding carboxylic acids is 2. The van der Waals surface area contributed by atoms with E-state index in [0.717, 1.165) is 23.5 Å². The van der Waals surface area contributed by atoms with Crippen molar-refractivity contribution in [1.82, 2.24) is 4.98 Å². The molecule has 1 aromatic carbocycles. The summed E-state index contributed by atoms with van der Waals surface area (Å²) in [7, 11) is 0. The predicted molar refractivity (Wildman–Crippen MR) is 100 cm³/mol. The Morgan fingerprint density at radius 1 is 1.25 bits per heavy atom. The van der Waals surface area contributed by atoms with E-state index in [1.54, 1.807) is 0 Å². The van der Waals surface area contributed by atoms with E-state index in [4.69, 9.17) is 10.5 Å². The van der Waals surface area contributed by atoms with Crippen LogP contribution in [0, 0.1) is 5.92 Å². The van der Waals surface area contributed by atoms with Crippen LogP contribution in [0.15, 0.2) is 24.3 Å². The summed E-state index contributed by atoms with van der Waals surface area (Å²) in [6.45, 7) is 5.16. The van der Waals surface area contributed by atoms with Crippen LogP contribution in [0.2, 0.25) is 0 Å². The molecule has 0 bridgehead atoms. The first-order valence-corrected chi connectivity index (χ1v) is 9.24. The van der Waals surface area contributed by atoms with Crippen LogP contribution < -0.4 is 11.1 Å². The fourth-order valence-electron chi connectivity index (χ4n) is 2.40. The highest BCUT2D eigenvalue weighted by atomic mass is 32.1. The number of anilines is 2. The zero-order valence-corrected chi connectivity index (χ0v) is 16.3. The summed E-state index contributed by atoms with van der Waals surface area (Å²) in [5.41, 5.74) is 4.73. The second-order valence-corrected chi connectivity index (χ2v) is 7.54. The number of hydrogen-bond donors (Lipinski definition) is 2. The van der Waals surface area contributed by atoms with Gasteiger partial charge in [0.05, 0.1) is 16.9 Å². The summed E-state index contributed by atoms with van der Waals surface area (Å²) in [6, 6.07) is 4.55. The zero-order valence-electron chi connectivity index (χ0n) is 15.5. The molecule has 1 atom stereocenters. The first-order valence-electron chi connectivity index (χ1n) is 8.42. The average Bonchev–Trinajstić information content (AvgIpc) is 2.93. The standard InChI is InChI=1S/C18H20F3N3O3S/c1-9(2)8-13-14(28-17(22)24-13)16(26)27-10(3)15(25)23-12-7-5-4-6-11(12)18(19,20)21/h4-7,9-10H,8H2,1-3H3,(H2,22,24)(H,23,25)/t10-/m0/s1. The summed E-state index contributed by atoms with van der Waals surface area (Å²) in [4.78, 5) is 28.9. The SMILES string of the molecule is CC(C)Cc1nc(N)sc1C(=O)O[C@@H](C)C(=O)Nc1ccccc1C(F)(F)F. The number of alkyl halides is 3. The number of thiazole rings is 1. The second kappa shape index (κ2) is 8.59. The van der Waals surface area contributed by atoms with Crippen LogP contribution in [0.5, 0.6) is 0 Å². The molecular formula is C18H20F3N3O3S. The van der Waals surface area contributed by atoms with Crippen LogP contribution in [0.4, 0.5) is 24.0 Å². The molecule has 0 aliphatic heterocycles. The Bertz CT molecular complexity index is 865. The van der Waals surface area contributed by atoms with E-state index in [2.05, 4.69) is 10.3 Å². The molecule has 0 saturated carbocycles. The molecule has 28 heavy (non-hydrogen) atoms. The fourth-order valence-corrected chi connectivity index (χ4v) is 3.14. The molecule has 6 nitrogen and oxygen atoms in total. The Hall–Kier alpha value is -2.62. The lowest BCUT2D eigenvalue weighted by Gasteiger charge is -2.16. The van der Waals surface area contributed by atoms with Gasteiger partial charge in [-0.2, -0.15) is 13.2 Å². The van der Waals surface area contributed by atoms with Crippen molar-refractivity contribution >= 4 is 34.0 Å². The Morgan fingerprint density at radius 2 is 1.89 bits per heavy atom. The summed E-state index contributed by atoms with van der Waals surface area (Å²) in [5, 5.41) is 2.35. The van der Waals surface area contributed by atoms with Crippen LogP contribution in [-0.2, 0) is 22.1 Å². The average molecular weight is 415 g/mol. The molecule has 0 fully saturated rings. The molecule has 1 heterocycles.